The molecule has 136 valence electrons. The van der Waals surface area contributed by atoms with Crippen molar-refractivity contribution < 1.29 is 9.21 Å². The first-order valence-electron chi connectivity index (χ1n) is 8.16. The number of benzene rings is 1. The zero-order chi connectivity index (χ0) is 18.7. The van der Waals surface area contributed by atoms with Gasteiger partial charge < -0.3 is 9.73 Å². The van der Waals surface area contributed by atoms with Crippen molar-refractivity contribution in [2.24, 2.45) is 0 Å². The van der Waals surface area contributed by atoms with Crippen LogP contribution in [-0.2, 0) is 11.3 Å². The second kappa shape index (κ2) is 8.26. The van der Waals surface area contributed by atoms with E-state index >= 15 is 0 Å². The summed E-state index contributed by atoms with van der Waals surface area (Å²) in [7, 11) is 0. The normalized spacial score (nSPS) is 10.9. The Morgan fingerprint density at radius 3 is 2.65 bits per heavy atom. The number of carbonyl (C=O) groups excluding carboxylic acids is 1. The van der Waals surface area contributed by atoms with E-state index in [9.17, 15) is 4.79 Å². The number of hydrogen-bond donors (Lipinski definition) is 1. The van der Waals surface area contributed by atoms with E-state index in [1.807, 2.05) is 37.5 Å². The Morgan fingerprint density at radius 2 is 2.04 bits per heavy atom. The van der Waals surface area contributed by atoms with E-state index in [0.29, 0.717) is 23.3 Å². The first-order chi connectivity index (χ1) is 12.5. The van der Waals surface area contributed by atoms with Crippen molar-refractivity contribution in [1.29, 1.82) is 0 Å². The Hall–Kier alpha value is -1.81. The van der Waals surface area contributed by atoms with Gasteiger partial charge in [-0.3, -0.25) is 9.36 Å². The molecule has 8 heteroatoms. The lowest BCUT2D eigenvalue weighted by Crippen LogP contribution is -2.16. The summed E-state index contributed by atoms with van der Waals surface area (Å²) < 4.78 is 8.50. The number of rotatable bonds is 6. The van der Waals surface area contributed by atoms with Gasteiger partial charge in [-0.1, -0.05) is 11.8 Å². The van der Waals surface area contributed by atoms with Crippen molar-refractivity contribution in [3.05, 3.63) is 45.2 Å². The standard InChI is InChI=1S/C18H19IN4O2S/c1-4-23-17(14-6-5-7-25-14)21-22-18(23)26-10-15(24)20-16-11(2)8-13(19)9-12(16)3/h5-9H,4,10H2,1-3H3,(H,20,24). The second-order valence-corrected chi connectivity index (χ2v) is 7.97. The third-order valence-corrected chi connectivity index (χ3v) is 5.46. The number of anilines is 1. The predicted octanol–water partition coefficient (Wildman–Crippen LogP) is 4.51. The Kier molecular flexibility index (Phi) is 6.02. The van der Waals surface area contributed by atoms with Gasteiger partial charge in [-0.25, -0.2) is 0 Å². The Labute approximate surface area is 169 Å². The number of amides is 1. The highest BCUT2D eigenvalue weighted by molar-refractivity contribution is 14.1. The van der Waals surface area contributed by atoms with E-state index in [-0.39, 0.29) is 11.7 Å². The van der Waals surface area contributed by atoms with Gasteiger partial charge in [0.1, 0.15) is 0 Å². The fourth-order valence-corrected chi connectivity index (χ4v) is 4.42. The molecule has 0 unspecified atom stereocenters. The van der Waals surface area contributed by atoms with Crippen LogP contribution in [-0.4, -0.2) is 26.4 Å². The van der Waals surface area contributed by atoms with E-state index in [4.69, 9.17) is 4.42 Å². The van der Waals surface area contributed by atoms with E-state index < -0.39 is 0 Å². The molecule has 0 aliphatic heterocycles. The quantitative estimate of drug-likeness (QED) is 0.414. The molecule has 1 N–H and O–H groups in total. The molecule has 0 saturated heterocycles. The van der Waals surface area contributed by atoms with Crippen LogP contribution in [0.4, 0.5) is 5.69 Å². The van der Waals surface area contributed by atoms with Gasteiger partial charge >= 0.3 is 0 Å². The Bertz CT molecular complexity index is 898. The van der Waals surface area contributed by atoms with Gasteiger partial charge in [-0.05, 0) is 78.8 Å². The van der Waals surface area contributed by atoms with Gasteiger partial charge in [0.25, 0.3) is 0 Å². The van der Waals surface area contributed by atoms with Crippen molar-refractivity contribution in [3.8, 4) is 11.6 Å². The summed E-state index contributed by atoms with van der Waals surface area (Å²) in [4.78, 5) is 12.4. The third kappa shape index (κ3) is 4.12. The highest BCUT2D eigenvalue weighted by atomic mass is 127. The van der Waals surface area contributed by atoms with Crippen molar-refractivity contribution in [1.82, 2.24) is 14.8 Å². The van der Waals surface area contributed by atoms with Gasteiger partial charge in [0.05, 0.1) is 12.0 Å². The summed E-state index contributed by atoms with van der Waals surface area (Å²) in [5.74, 6) is 1.54. The smallest absolute Gasteiger partial charge is 0.234 e. The van der Waals surface area contributed by atoms with Gasteiger partial charge in [-0.15, -0.1) is 10.2 Å². The summed E-state index contributed by atoms with van der Waals surface area (Å²) >= 11 is 3.64. The number of halogens is 1. The van der Waals surface area contributed by atoms with Crippen LogP contribution in [0.15, 0.2) is 40.1 Å². The molecule has 0 saturated carbocycles. The molecule has 1 aromatic carbocycles. The summed E-state index contributed by atoms with van der Waals surface area (Å²) in [6.45, 7) is 6.71. The fourth-order valence-electron chi connectivity index (χ4n) is 2.68. The number of nitrogens with one attached hydrogen (secondary N) is 1. The van der Waals surface area contributed by atoms with Crippen LogP contribution >= 0.6 is 34.4 Å². The maximum atomic E-state index is 12.4. The van der Waals surface area contributed by atoms with E-state index in [0.717, 1.165) is 20.4 Å². The number of aromatic nitrogens is 3. The number of carbonyl (C=O) groups is 1. The van der Waals surface area contributed by atoms with Gasteiger partial charge in [-0.2, -0.15) is 0 Å². The minimum atomic E-state index is -0.0624. The van der Waals surface area contributed by atoms with E-state index in [1.165, 1.54) is 11.8 Å². The van der Waals surface area contributed by atoms with Crippen molar-refractivity contribution >= 4 is 45.9 Å². The van der Waals surface area contributed by atoms with Crippen LogP contribution in [0.25, 0.3) is 11.6 Å². The SMILES string of the molecule is CCn1c(SCC(=O)Nc2c(C)cc(I)cc2C)nnc1-c1ccco1. The Balaban J connectivity index is 1.69. The monoisotopic (exact) mass is 482 g/mol. The molecule has 0 bridgehead atoms. The predicted molar refractivity (Wildman–Crippen MR) is 111 cm³/mol. The maximum absolute atomic E-state index is 12.4. The highest BCUT2D eigenvalue weighted by Crippen LogP contribution is 2.26. The molecular weight excluding hydrogens is 463 g/mol. The van der Waals surface area contributed by atoms with Gasteiger partial charge in [0, 0.05) is 15.8 Å². The molecule has 0 fully saturated rings. The van der Waals surface area contributed by atoms with Crippen LogP contribution in [0.3, 0.4) is 0 Å². The summed E-state index contributed by atoms with van der Waals surface area (Å²) in [6, 6.07) is 7.77. The minimum Gasteiger partial charge on any atom is -0.461 e. The van der Waals surface area contributed by atoms with Crippen molar-refractivity contribution in [2.75, 3.05) is 11.1 Å². The molecule has 26 heavy (non-hydrogen) atoms. The van der Waals surface area contributed by atoms with Crippen LogP contribution in [0, 0.1) is 17.4 Å². The van der Waals surface area contributed by atoms with Gasteiger partial charge in [0.2, 0.25) is 5.91 Å². The number of hydrogen-bond acceptors (Lipinski definition) is 5. The van der Waals surface area contributed by atoms with Crippen molar-refractivity contribution in [3.63, 3.8) is 0 Å². The zero-order valence-corrected chi connectivity index (χ0v) is 17.7. The number of thioether (sulfide) groups is 1. The second-order valence-electron chi connectivity index (χ2n) is 5.78. The van der Waals surface area contributed by atoms with Crippen LogP contribution in [0.1, 0.15) is 18.1 Å². The molecular formula is C18H19IN4O2S. The summed E-state index contributed by atoms with van der Waals surface area (Å²) in [5, 5.41) is 12.1. The fraction of sp³-hybridized carbons (Fsp3) is 0.278. The van der Waals surface area contributed by atoms with E-state index in [2.05, 4.69) is 50.2 Å². The molecule has 6 nitrogen and oxygen atoms in total. The number of nitrogens with zero attached hydrogens (tertiary/aromatic N) is 3. The summed E-state index contributed by atoms with van der Waals surface area (Å²) in [5.41, 5.74) is 3.00. The molecule has 0 atom stereocenters. The molecule has 2 heterocycles. The lowest BCUT2D eigenvalue weighted by molar-refractivity contribution is -0.113. The lowest BCUT2D eigenvalue weighted by Gasteiger charge is -2.12. The number of furan rings is 1. The van der Waals surface area contributed by atoms with Crippen LogP contribution < -0.4 is 5.32 Å². The largest absolute Gasteiger partial charge is 0.461 e. The van der Waals surface area contributed by atoms with Crippen molar-refractivity contribution in [2.45, 2.75) is 32.5 Å². The molecule has 0 spiro atoms. The Morgan fingerprint density at radius 1 is 1.31 bits per heavy atom. The van der Waals surface area contributed by atoms with Gasteiger partial charge in [0.15, 0.2) is 16.7 Å². The molecule has 3 rings (SSSR count). The highest BCUT2D eigenvalue weighted by Gasteiger charge is 2.16. The summed E-state index contributed by atoms with van der Waals surface area (Å²) in [6.07, 6.45) is 1.61. The molecule has 3 aromatic rings. The molecule has 0 aliphatic rings. The maximum Gasteiger partial charge on any atom is 0.234 e. The average Bonchev–Trinajstić information content (AvgIpc) is 3.24. The van der Waals surface area contributed by atoms with Crippen LogP contribution in [0.2, 0.25) is 0 Å². The zero-order valence-electron chi connectivity index (χ0n) is 14.7. The first-order valence-corrected chi connectivity index (χ1v) is 10.2. The average molecular weight is 482 g/mol. The number of aryl methyl sites for hydroxylation is 2. The molecule has 0 aliphatic carbocycles. The first kappa shape index (κ1) is 19.0. The minimum absolute atomic E-state index is 0.0624. The topological polar surface area (TPSA) is 73.0 Å². The molecule has 2 aromatic heterocycles. The lowest BCUT2D eigenvalue weighted by atomic mass is 10.1. The molecule has 0 radical (unpaired) electrons. The third-order valence-electron chi connectivity index (χ3n) is 3.87. The molecule has 1 amide bonds. The van der Waals surface area contributed by atoms with E-state index in [1.54, 1.807) is 6.26 Å². The van der Waals surface area contributed by atoms with Crippen LogP contribution in [0.5, 0.6) is 0 Å².